The van der Waals surface area contributed by atoms with Gasteiger partial charge < -0.3 is 39.9 Å². The topological polar surface area (TPSA) is 174 Å². The SMILES string of the molecule is CCC[C@H](NC(=O)[C@@H]1C[C@]2(CC(c3cccc(Cl)c3)=NO2)CN1C(=O)[C@@H](NC(=O)Oc1ccc2c(c1)OCO2)C(C)(C)C)C(=O)C(=O)NC1CC1. The summed E-state index contributed by atoms with van der Waals surface area (Å²) in [5.74, 6) is -1.57. The van der Waals surface area contributed by atoms with Crippen molar-refractivity contribution in [2.45, 2.75) is 96.0 Å². The Labute approximate surface area is 300 Å². The minimum atomic E-state index is -1.16. The van der Waals surface area contributed by atoms with Gasteiger partial charge in [-0.2, -0.15) is 0 Å². The summed E-state index contributed by atoms with van der Waals surface area (Å²) in [5.41, 5.74) is -0.596. The normalized spacial score (nSPS) is 21.7. The van der Waals surface area contributed by atoms with Crippen molar-refractivity contribution in [1.29, 1.82) is 0 Å². The van der Waals surface area contributed by atoms with Gasteiger partial charge in [-0.3, -0.25) is 19.2 Å². The van der Waals surface area contributed by atoms with E-state index in [-0.39, 0.29) is 44.4 Å². The highest BCUT2D eigenvalue weighted by Crippen LogP contribution is 2.40. The number of likely N-dealkylation sites (tertiary alicyclic amines) is 1. The van der Waals surface area contributed by atoms with Crippen molar-refractivity contribution in [2.75, 3.05) is 13.3 Å². The van der Waals surface area contributed by atoms with Gasteiger partial charge in [0.2, 0.25) is 24.4 Å². The summed E-state index contributed by atoms with van der Waals surface area (Å²) in [5, 5.41) is 13.0. The van der Waals surface area contributed by atoms with Crippen molar-refractivity contribution in [3.63, 3.8) is 0 Å². The first-order valence-electron chi connectivity index (χ1n) is 17.1. The van der Waals surface area contributed by atoms with E-state index in [0.717, 1.165) is 18.4 Å². The maximum Gasteiger partial charge on any atom is 0.413 e. The van der Waals surface area contributed by atoms with Crippen molar-refractivity contribution in [1.82, 2.24) is 20.9 Å². The molecule has 1 saturated carbocycles. The van der Waals surface area contributed by atoms with Crippen LogP contribution in [0.1, 0.15) is 71.8 Å². The molecule has 272 valence electrons. The number of oxime groups is 1. The minimum Gasteiger partial charge on any atom is -0.454 e. The van der Waals surface area contributed by atoms with Gasteiger partial charge in [-0.1, -0.05) is 63.0 Å². The molecule has 15 heteroatoms. The smallest absolute Gasteiger partial charge is 0.413 e. The number of carbonyl (C=O) groups excluding carboxylic acids is 5. The second-order valence-electron chi connectivity index (χ2n) is 14.5. The number of ether oxygens (including phenoxy) is 3. The van der Waals surface area contributed by atoms with E-state index in [9.17, 15) is 24.0 Å². The van der Waals surface area contributed by atoms with Crippen LogP contribution < -0.4 is 30.2 Å². The highest BCUT2D eigenvalue weighted by Gasteiger charge is 2.55. The largest absolute Gasteiger partial charge is 0.454 e. The van der Waals surface area contributed by atoms with Crippen LogP contribution in [0.25, 0.3) is 0 Å². The molecule has 4 aliphatic rings. The molecule has 0 radical (unpaired) electrons. The average molecular weight is 724 g/mol. The zero-order valence-electron chi connectivity index (χ0n) is 29.0. The zero-order valence-corrected chi connectivity index (χ0v) is 29.7. The van der Waals surface area contributed by atoms with Gasteiger partial charge in [0.1, 0.15) is 17.8 Å². The second-order valence-corrected chi connectivity index (χ2v) is 14.9. The van der Waals surface area contributed by atoms with Crippen LogP contribution in [0, 0.1) is 5.41 Å². The lowest BCUT2D eigenvalue weighted by atomic mass is 9.85. The van der Waals surface area contributed by atoms with E-state index in [1.807, 2.05) is 13.0 Å². The van der Waals surface area contributed by atoms with Gasteiger partial charge in [0, 0.05) is 35.5 Å². The molecule has 3 heterocycles. The number of carbonyl (C=O) groups is 5. The average Bonchev–Trinajstić information content (AvgIpc) is 3.45. The molecular weight excluding hydrogens is 682 g/mol. The number of ketones is 1. The van der Waals surface area contributed by atoms with Crippen molar-refractivity contribution < 1.29 is 43.0 Å². The van der Waals surface area contributed by atoms with Gasteiger partial charge in [-0.15, -0.1) is 0 Å². The Hall–Kier alpha value is -4.85. The predicted octanol–water partition coefficient (Wildman–Crippen LogP) is 3.87. The lowest BCUT2D eigenvalue weighted by molar-refractivity contribution is -0.144. The van der Waals surface area contributed by atoms with Gasteiger partial charge in [0.05, 0.1) is 18.3 Å². The van der Waals surface area contributed by atoms with Crippen molar-refractivity contribution >= 4 is 46.9 Å². The summed E-state index contributed by atoms with van der Waals surface area (Å²) < 4.78 is 16.2. The number of amides is 4. The van der Waals surface area contributed by atoms with Gasteiger partial charge >= 0.3 is 6.09 Å². The number of halogens is 1. The fourth-order valence-electron chi connectivity index (χ4n) is 6.43. The van der Waals surface area contributed by atoms with E-state index in [2.05, 4.69) is 21.1 Å². The molecule has 14 nitrogen and oxygen atoms in total. The van der Waals surface area contributed by atoms with E-state index in [1.54, 1.807) is 51.1 Å². The predicted molar refractivity (Wildman–Crippen MR) is 185 cm³/mol. The number of fused-ring (bicyclic) bond motifs is 1. The molecule has 6 rings (SSSR count). The van der Waals surface area contributed by atoms with Crippen LogP contribution in [0.5, 0.6) is 17.2 Å². The lowest BCUT2D eigenvalue weighted by Crippen LogP contribution is -2.59. The first kappa shape index (κ1) is 36.0. The maximum atomic E-state index is 14.6. The van der Waals surface area contributed by atoms with Crippen LogP contribution in [0.3, 0.4) is 0 Å². The second kappa shape index (κ2) is 14.4. The summed E-state index contributed by atoms with van der Waals surface area (Å²) in [6.07, 6.45) is 1.77. The van der Waals surface area contributed by atoms with E-state index in [0.29, 0.717) is 28.7 Å². The number of benzene rings is 2. The zero-order chi connectivity index (χ0) is 36.5. The molecule has 0 bridgehead atoms. The Morgan fingerprint density at radius 2 is 1.82 bits per heavy atom. The van der Waals surface area contributed by atoms with E-state index < -0.39 is 58.7 Å². The Morgan fingerprint density at radius 3 is 2.53 bits per heavy atom. The summed E-state index contributed by atoms with van der Waals surface area (Å²) in [6, 6.07) is 8.38. The van der Waals surface area contributed by atoms with Gasteiger partial charge in [0.15, 0.2) is 17.1 Å². The number of hydrogen-bond donors (Lipinski definition) is 3. The third kappa shape index (κ3) is 8.22. The fourth-order valence-corrected chi connectivity index (χ4v) is 6.62. The quantitative estimate of drug-likeness (QED) is 0.291. The molecule has 3 aliphatic heterocycles. The molecule has 3 N–H and O–H groups in total. The number of nitrogens with one attached hydrogen (secondary N) is 3. The van der Waals surface area contributed by atoms with Gasteiger partial charge in [-0.05, 0) is 48.9 Å². The standard InChI is InChI=1S/C36H42ClN5O9/c1-5-7-24(29(43)32(45)38-22-10-11-22)39-31(44)26-17-36(16-25(41-51-36)20-8-6-9-21(37)14-20)18-42(26)33(46)30(35(2,3)4)40-34(47)50-23-12-13-27-28(15-23)49-19-48-27/h6,8-9,12-15,22,24,26,30H,5,7,10-11,16-19H2,1-4H3,(H,38,45)(H,39,44)(H,40,47)/t24-,26-,30+,36+/m0/s1. The Morgan fingerprint density at radius 1 is 1.06 bits per heavy atom. The van der Waals surface area contributed by atoms with Gasteiger partial charge in [0.25, 0.3) is 5.91 Å². The van der Waals surface area contributed by atoms with Crippen LogP contribution in [0.4, 0.5) is 4.79 Å². The fraction of sp³-hybridized carbons (Fsp3) is 0.500. The van der Waals surface area contributed by atoms with E-state index in [4.69, 9.17) is 30.6 Å². The Balaban J connectivity index is 1.24. The van der Waals surface area contributed by atoms with Crippen LogP contribution in [0.15, 0.2) is 47.6 Å². The van der Waals surface area contributed by atoms with Crippen LogP contribution in [-0.4, -0.2) is 83.3 Å². The van der Waals surface area contributed by atoms with Crippen LogP contribution in [0.2, 0.25) is 5.02 Å². The third-order valence-electron chi connectivity index (χ3n) is 9.26. The number of rotatable bonds is 11. The van der Waals surface area contributed by atoms with E-state index >= 15 is 0 Å². The molecule has 1 spiro atoms. The highest BCUT2D eigenvalue weighted by molar-refractivity contribution is 6.38. The highest BCUT2D eigenvalue weighted by atomic mass is 35.5. The van der Waals surface area contributed by atoms with Crippen molar-refractivity contribution in [3.05, 3.63) is 53.1 Å². The summed E-state index contributed by atoms with van der Waals surface area (Å²) >= 11 is 6.24. The minimum absolute atomic E-state index is 0.0333. The Bertz CT molecular complexity index is 1760. The van der Waals surface area contributed by atoms with Crippen LogP contribution >= 0.6 is 11.6 Å². The third-order valence-corrected chi connectivity index (χ3v) is 9.49. The molecular formula is C36H42ClN5O9. The molecule has 2 aromatic carbocycles. The molecule has 0 aromatic heterocycles. The molecule has 4 atom stereocenters. The molecule has 1 saturated heterocycles. The lowest BCUT2D eigenvalue weighted by Gasteiger charge is -2.35. The number of nitrogens with zero attached hydrogens (tertiary/aromatic N) is 2. The van der Waals surface area contributed by atoms with Crippen LogP contribution in [-0.2, 0) is 24.0 Å². The van der Waals surface area contributed by atoms with Gasteiger partial charge in [-0.25, -0.2) is 4.79 Å². The molecule has 1 aliphatic carbocycles. The molecule has 2 aromatic rings. The molecule has 2 fully saturated rings. The molecule has 0 unspecified atom stereocenters. The summed E-state index contributed by atoms with van der Waals surface area (Å²) in [4.78, 5) is 75.2. The van der Waals surface area contributed by atoms with Crippen molar-refractivity contribution in [3.8, 4) is 17.2 Å². The maximum absolute atomic E-state index is 14.6. The monoisotopic (exact) mass is 723 g/mol. The number of Topliss-reactive ketones (excluding diaryl/α,β-unsaturated/α-hetero) is 1. The summed E-state index contributed by atoms with van der Waals surface area (Å²) in [7, 11) is 0. The molecule has 51 heavy (non-hydrogen) atoms. The van der Waals surface area contributed by atoms with Crippen molar-refractivity contribution in [2.24, 2.45) is 10.6 Å². The van der Waals surface area contributed by atoms with E-state index in [1.165, 1.54) is 11.0 Å². The molecule has 4 amide bonds. The first-order chi connectivity index (χ1) is 24.2. The number of hydrogen-bond acceptors (Lipinski definition) is 10. The Kier molecular flexibility index (Phi) is 10.2. The first-order valence-corrected chi connectivity index (χ1v) is 17.5. The summed E-state index contributed by atoms with van der Waals surface area (Å²) in [6.45, 7) is 7.18.